The number of nitrogens with one attached hydrogen (secondary N) is 1. The Kier molecular flexibility index (Phi) is 5.59. The van der Waals surface area contributed by atoms with Gasteiger partial charge in [0.1, 0.15) is 4.90 Å². The van der Waals surface area contributed by atoms with E-state index in [-0.39, 0.29) is 21.2 Å². The first kappa shape index (κ1) is 17.1. The molecule has 1 fully saturated rings. The van der Waals surface area contributed by atoms with E-state index < -0.39 is 10.0 Å². The van der Waals surface area contributed by atoms with Crippen LogP contribution in [0.15, 0.2) is 23.1 Å². The van der Waals surface area contributed by atoms with Crippen molar-refractivity contribution in [2.75, 3.05) is 19.3 Å². The van der Waals surface area contributed by atoms with Gasteiger partial charge in [0.15, 0.2) is 0 Å². The van der Waals surface area contributed by atoms with Gasteiger partial charge in [0.25, 0.3) is 0 Å². The molecule has 0 aromatic heterocycles. The summed E-state index contributed by atoms with van der Waals surface area (Å²) in [7, 11) is -1.73. The Balaban J connectivity index is 2.41. The topological polar surface area (TPSA) is 49.4 Å². The fourth-order valence-corrected chi connectivity index (χ4v) is 5.95. The van der Waals surface area contributed by atoms with Crippen LogP contribution in [0.4, 0.5) is 0 Å². The van der Waals surface area contributed by atoms with Crippen LogP contribution in [0.25, 0.3) is 0 Å². The fourth-order valence-electron chi connectivity index (χ4n) is 2.43. The number of benzene rings is 1. The van der Waals surface area contributed by atoms with Crippen LogP contribution in [0.2, 0.25) is 5.02 Å². The van der Waals surface area contributed by atoms with E-state index in [1.807, 2.05) is 31.8 Å². The quantitative estimate of drug-likeness (QED) is 0.908. The lowest BCUT2D eigenvalue weighted by Gasteiger charge is -2.36. The minimum absolute atomic E-state index is 0.0298. The average molecular weight is 349 g/mol. The van der Waals surface area contributed by atoms with Crippen LogP contribution in [-0.2, 0) is 16.6 Å². The summed E-state index contributed by atoms with van der Waals surface area (Å²) in [5.74, 6) is 0.818. The van der Waals surface area contributed by atoms with Gasteiger partial charge in [-0.1, -0.05) is 24.6 Å². The molecule has 1 saturated heterocycles. The summed E-state index contributed by atoms with van der Waals surface area (Å²) < 4.78 is 27.4. The molecule has 0 saturated carbocycles. The lowest BCUT2D eigenvalue weighted by Crippen LogP contribution is -2.47. The highest BCUT2D eigenvalue weighted by atomic mass is 35.5. The molecular weight excluding hydrogens is 328 g/mol. The molecule has 1 aromatic carbocycles. The van der Waals surface area contributed by atoms with E-state index >= 15 is 0 Å². The van der Waals surface area contributed by atoms with Crippen molar-refractivity contribution in [1.29, 1.82) is 0 Å². The van der Waals surface area contributed by atoms with Crippen LogP contribution in [0.3, 0.4) is 0 Å². The predicted molar refractivity (Wildman–Crippen MR) is 89.5 cm³/mol. The lowest BCUT2D eigenvalue weighted by molar-refractivity contribution is 0.340. The standard InChI is InChI=1S/C14H21ClN2O2S2/c1-10-11(2)20-7-6-17(10)21(18,19)14-8-12(9-16-3)4-5-13(14)15/h4-5,8,10-11,16H,6-7,9H2,1-3H3. The Hall–Kier alpha value is -0.270. The van der Waals surface area contributed by atoms with Crippen molar-refractivity contribution in [1.82, 2.24) is 9.62 Å². The molecule has 7 heteroatoms. The number of rotatable bonds is 4. The normalized spacial score (nSPS) is 24.2. The van der Waals surface area contributed by atoms with Gasteiger partial charge in [0.05, 0.1) is 5.02 Å². The van der Waals surface area contributed by atoms with Crippen LogP contribution in [0.1, 0.15) is 19.4 Å². The lowest BCUT2D eigenvalue weighted by atomic mass is 10.2. The largest absolute Gasteiger partial charge is 0.316 e. The molecule has 2 atom stereocenters. The van der Waals surface area contributed by atoms with Crippen molar-refractivity contribution in [3.05, 3.63) is 28.8 Å². The third-order valence-corrected chi connectivity index (χ3v) is 7.59. The Morgan fingerprint density at radius 2 is 2.14 bits per heavy atom. The average Bonchev–Trinajstić information content (AvgIpc) is 2.44. The van der Waals surface area contributed by atoms with E-state index in [1.165, 1.54) is 0 Å². The van der Waals surface area contributed by atoms with Crippen LogP contribution < -0.4 is 5.32 Å². The van der Waals surface area contributed by atoms with Crippen molar-refractivity contribution >= 4 is 33.4 Å². The molecule has 2 rings (SSSR count). The summed E-state index contributed by atoms with van der Waals surface area (Å²) in [4.78, 5) is 0.211. The van der Waals surface area contributed by atoms with E-state index in [4.69, 9.17) is 11.6 Å². The molecule has 1 heterocycles. The third-order valence-electron chi connectivity index (χ3n) is 3.79. The highest BCUT2D eigenvalue weighted by molar-refractivity contribution is 8.00. The van der Waals surface area contributed by atoms with Crippen LogP contribution in [0, 0.1) is 0 Å². The van der Waals surface area contributed by atoms with Gasteiger partial charge in [0.2, 0.25) is 10.0 Å². The number of sulfonamides is 1. The third kappa shape index (κ3) is 3.56. The zero-order valence-corrected chi connectivity index (χ0v) is 14.9. The molecule has 118 valence electrons. The van der Waals surface area contributed by atoms with E-state index in [9.17, 15) is 8.42 Å². The number of hydrogen-bond acceptors (Lipinski definition) is 4. The molecule has 4 nitrogen and oxygen atoms in total. The summed E-state index contributed by atoms with van der Waals surface area (Å²) in [6.07, 6.45) is 0. The van der Waals surface area contributed by atoms with E-state index in [2.05, 4.69) is 12.2 Å². The molecule has 0 spiro atoms. The first-order valence-electron chi connectivity index (χ1n) is 6.94. The van der Waals surface area contributed by atoms with Crippen molar-refractivity contribution in [3.8, 4) is 0 Å². The van der Waals surface area contributed by atoms with Crippen molar-refractivity contribution < 1.29 is 8.42 Å². The highest BCUT2D eigenvalue weighted by Crippen LogP contribution is 2.32. The molecule has 21 heavy (non-hydrogen) atoms. The Bertz CT molecular complexity index is 607. The number of thioether (sulfide) groups is 1. The summed E-state index contributed by atoms with van der Waals surface area (Å²) >= 11 is 7.96. The summed E-state index contributed by atoms with van der Waals surface area (Å²) in [6, 6.07) is 5.15. The molecule has 0 aliphatic carbocycles. The summed E-state index contributed by atoms with van der Waals surface area (Å²) in [5.41, 5.74) is 0.910. The van der Waals surface area contributed by atoms with Crippen LogP contribution >= 0.6 is 23.4 Å². The van der Waals surface area contributed by atoms with Crippen molar-refractivity contribution in [2.24, 2.45) is 0 Å². The molecule has 1 aromatic rings. The maximum atomic E-state index is 12.9. The van der Waals surface area contributed by atoms with Gasteiger partial charge >= 0.3 is 0 Å². The molecule has 1 aliphatic heterocycles. The summed E-state index contributed by atoms with van der Waals surface area (Å²) in [5, 5.41) is 3.59. The second kappa shape index (κ2) is 6.87. The second-order valence-electron chi connectivity index (χ2n) is 5.23. The molecular formula is C14H21ClN2O2S2. The molecule has 0 bridgehead atoms. The van der Waals surface area contributed by atoms with Gasteiger partial charge in [0, 0.05) is 30.1 Å². The highest BCUT2D eigenvalue weighted by Gasteiger charge is 2.36. The minimum Gasteiger partial charge on any atom is -0.316 e. The van der Waals surface area contributed by atoms with Crippen molar-refractivity contribution in [3.63, 3.8) is 0 Å². The smallest absolute Gasteiger partial charge is 0.244 e. The Morgan fingerprint density at radius 3 is 2.81 bits per heavy atom. The first-order chi connectivity index (χ1) is 9.87. The second-order valence-corrected chi connectivity index (χ2v) is 8.98. The van der Waals surface area contributed by atoms with Crippen LogP contribution in [0.5, 0.6) is 0 Å². The monoisotopic (exact) mass is 348 g/mol. The Morgan fingerprint density at radius 1 is 1.43 bits per heavy atom. The van der Waals surface area contributed by atoms with E-state index in [0.29, 0.717) is 13.1 Å². The molecule has 0 radical (unpaired) electrons. The van der Waals surface area contributed by atoms with E-state index in [1.54, 1.807) is 16.4 Å². The number of hydrogen-bond donors (Lipinski definition) is 1. The van der Waals surface area contributed by atoms with Crippen molar-refractivity contribution in [2.45, 2.75) is 36.6 Å². The van der Waals surface area contributed by atoms with Gasteiger partial charge in [-0.05, 0) is 31.7 Å². The Labute approximate surface area is 136 Å². The fraction of sp³-hybridized carbons (Fsp3) is 0.571. The SMILES string of the molecule is CNCc1ccc(Cl)c(S(=O)(=O)N2CCSC(C)C2C)c1. The molecule has 1 aliphatic rings. The zero-order valence-electron chi connectivity index (χ0n) is 12.5. The van der Waals surface area contributed by atoms with E-state index in [0.717, 1.165) is 11.3 Å². The zero-order chi connectivity index (χ0) is 15.6. The van der Waals surface area contributed by atoms with Gasteiger partial charge in [-0.25, -0.2) is 8.42 Å². The van der Waals surface area contributed by atoms with Gasteiger partial charge < -0.3 is 5.32 Å². The van der Waals surface area contributed by atoms with Crippen LogP contribution in [-0.4, -0.2) is 43.4 Å². The number of halogens is 1. The maximum absolute atomic E-state index is 12.9. The summed E-state index contributed by atoms with van der Waals surface area (Å²) in [6.45, 7) is 5.17. The molecule has 2 unspecified atom stereocenters. The maximum Gasteiger partial charge on any atom is 0.244 e. The number of nitrogens with zero attached hydrogens (tertiary/aromatic N) is 1. The van der Waals surface area contributed by atoms with Gasteiger partial charge in [-0.3, -0.25) is 0 Å². The minimum atomic E-state index is -3.56. The molecule has 1 N–H and O–H groups in total. The predicted octanol–water partition coefficient (Wildman–Crippen LogP) is 2.57. The van der Waals surface area contributed by atoms with Gasteiger partial charge in [-0.2, -0.15) is 16.1 Å². The first-order valence-corrected chi connectivity index (χ1v) is 9.81. The molecule has 0 amide bonds. The van der Waals surface area contributed by atoms with Gasteiger partial charge in [-0.15, -0.1) is 0 Å².